The van der Waals surface area contributed by atoms with Crippen LogP contribution in [0.2, 0.25) is 5.02 Å². The molecular formula is C15H10ClNO2. The summed E-state index contributed by atoms with van der Waals surface area (Å²) in [6.45, 7) is 0. The summed E-state index contributed by atoms with van der Waals surface area (Å²) in [7, 11) is 0. The number of hydrogen-bond donors (Lipinski definition) is 0. The van der Waals surface area contributed by atoms with Crippen LogP contribution in [0.1, 0.15) is 15.9 Å². The van der Waals surface area contributed by atoms with Gasteiger partial charge in [0.15, 0.2) is 6.29 Å². The van der Waals surface area contributed by atoms with E-state index in [1.165, 1.54) is 0 Å². The molecule has 2 aromatic rings. The highest BCUT2D eigenvalue weighted by Gasteiger charge is 2.03. The molecule has 0 unspecified atom stereocenters. The fraction of sp³-hybridized carbons (Fsp3) is 0.0667. The smallest absolute Gasteiger partial charge is 0.151 e. The fourth-order valence-electron chi connectivity index (χ4n) is 1.57. The van der Waals surface area contributed by atoms with Crippen molar-refractivity contribution >= 4 is 17.9 Å². The van der Waals surface area contributed by atoms with Gasteiger partial charge >= 0.3 is 0 Å². The van der Waals surface area contributed by atoms with Gasteiger partial charge in [-0.15, -0.1) is 0 Å². The Morgan fingerprint density at radius 1 is 1.16 bits per heavy atom. The molecule has 0 aliphatic heterocycles. The molecule has 0 N–H and O–H groups in total. The van der Waals surface area contributed by atoms with Gasteiger partial charge in [0.1, 0.15) is 11.5 Å². The third-order valence-electron chi connectivity index (χ3n) is 2.54. The predicted molar refractivity (Wildman–Crippen MR) is 72.7 cm³/mol. The van der Waals surface area contributed by atoms with Crippen molar-refractivity contribution in [3.05, 3.63) is 58.6 Å². The SMILES string of the molecule is N#CCc1ccc(Oc2ccc(C=O)c(Cl)c2)cc1. The van der Waals surface area contributed by atoms with E-state index in [4.69, 9.17) is 21.6 Å². The predicted octanol–water partition coefficient (Wildman–Crippen LogP) is 4.01. The van der Waals surface area contributed by atoms with Gasteiger partial charge in [-0.05, 0) is 29.8 Å². The number of nitrogens with zero attached hydrogens (tertiary/aromatic N) is 1. The zero-order valence-corrected chi connectivity index (χ0v) is 10.7. The van der Waals surface area contributed by atoms with Crippen molar-refractivity contribution in [2.45, 2.75) is 6.42 Å². The second kappa shape index (κ2) is 6.03. The van der Waals surface area contributed by atoms with E-state index >= 15 is 0 Å². The van der Waals surface area contributed by atoms with Gasteiger partial charge in [-0.25, -0.2) is 0 Å². The third-order valence-corrected chi connectivity index (χ3v) is 2.87. The molecule has 0 saturated carbocycles. The van der Waals surface area contributed by atoms with E-state index in [1.807, 2.05) is 12.1 Å². The first kappa shape index (κ1) is 13.1. The molecular weight excluding hydrogens is 262 g/mol. The topological polar surface area (TPSA) is 50.1 Å². The van der Waals surface area contributed by atoms with E-state index in [9.17, 15) is 4.79 Å². The first-order valence-corrected chi connectivity index (χ1v) is 5.99. The number of ether oxygens (including phenoxy) is 1. The summed E-state index contributed by atoms with van der Waals surface area (Å²) >= 11 is 5.91. The van der Waals surface area contributed by atoms with Crippen LogP contribution in [0.25, 0.3) is 0 Å². The zero-order chi connectivity index (χ0) is 13.7. The first-order chi connectivity index (χ1) is 9.22. The van der Waals surface area contributed by atoms with Crippen LogP contribution in [0, 0.1) is 11.3 Å². The molecule has 0 atom stereocenters. The molecule has 0 heterocycles. The summed E-state index contributed by atoms with van der Waals surface area (Å²) in [5, 5.41) is 8.93. The highest BCUT2D eigenvalue weighted by molar-refractivity contribution is 6.33. The summed E-state index contributed by atoms with van der Waals surface area (Å²) in [4.78, 5) is 10.6. The molecule has 0 bridgehead atoms. The van der Waals surface area contributed by atoms with Gasteiger partial charge in [-0.1, -0.05) is 23.7 Å². The van der Waals surface area contributed by atoms with Crippen molar-refractivity contribution in [1.29, 1.82) is 5.26 Å². The van der Waals surface area contributed by atoms with E-state index in [-0.39, 0.29) is 0 Å². The quantitative estimate of drug-likeness (QED) is 0.790. The van der Waals surface area contributed by atoms with E-state index in [1.54, 1.807) is 30.3 Å². The van der Waals surface area contributed by atoms with Gasteiger partial charge in [-0.2, -0.15) is 5.26 Å². The minimum absolute atomic E-state index is 0.355. The van der Waals surface area contributed by atoms with Crippen LogP contribution < -0.4 is 4.74 Å². The average molecular weight is 272 g/mol. The largest absolute Gasteiger partial charge is 0.457 e. The molecule has 2 rings (SSSR count). The minimum atomic E-state index is 0.355. The summed E-state index contributed by atoms with van der Waals surface area (Å²) < 4.78 is 5.61. The Labute approximate surface area is 116 Å². The highest BCUT2D eigenvalue weighted by Crippen LogP contribution is 2.26. The van der Waals surface area contributed by atoms with Gasteiger partial charge in [0, 0.05) is 11.6 Å². The van der Waals surface area contributed by atoms with Crippen molar-refractivity contribution in [2.75, 3.05) is 0 Å². The monoisotopic (exact) mass is 271 g/mol. The van der Waals surface area contributed by atoms with Crippen LogP contribution in [0.4, 0.5) is 0 Å². The van der Waals surface area contributed by atoms with Crippen LogP contribution in [-0.4, -0.2) is 6.29 Å². The molecule has 4 heteroatoms. The molecule has 94 valence electrons. The molecule has 0 spiro atoms. The van der Waals surface area contributed by atoms with Crippen LogP contribution >= 0.6 is 11.6 Å². The van der Waals surface area contributed by atoms with Crippen molar-refractivity contribution in [3.8, 4) is 17.6 Å². The number of rotatable bonds is 4. The number of hydrogen-bond acceptors (Lipinski definition) is 3. The molecule has 0 aliphatic rings. The lowest BCUT2D eigenvalue weighted by atomic mass is 10.2. The molecule has 3 nitrogen and oxygen atoms in total. The maximum atomic E-state index is 10.6. The Balaban J connectivity index is 2.15. The van der Waals surface area contributed by atoms with E-state index in [2.05, 4.69) is 6.07 Å². The number of nitriles is 1. The first-order valence-electron chi connectivity index (χ1n) is 5.61. The van der Waals surface area contributed by atoms with Gasteiger partial charge in [-0.3, -0.25) is 4.79 Å². The Hall–Kier alpha value is -2.31. The Bertz CT molecular complexity index is 630. The molecule has 0 aromatic heterocycles. The van der Waals surface area contributed by atoms with Crippen LogP contribution in [0.3, 0.4) is 0 Å². The summed E-state index contributed by atoms with van der Waals surface area (Å²) in [6.07, 6.45) is 1.07. The van der Waals surface area contributed by atoms with Crippen molar-refractivity contribution in [2.24, 2.45) is 0 Å². The summed E-state index contributed by atoms with van der Waals surface area (Å²) in [6, 6.07) is 14.2. The normalized spacial score (nSPS) is 9.68. The maximum Gasteiger partial charge on any atom is 0.151 e. The van der Waals surface area contributed by atoms with Crippen LogP contribution in [-0.2, 0) is 6.42 Å². The van der Waals surface area contributed by atoms with Crippen LogP contribution in [0.5, 0.6) is 11.5 Å². The Morgan fingerprint density at radius 3 is 2.42 bits per heavy atom. The number of carbonyl (C=O) groups excluding carboxylic acids is 1. The molecule has 0 aliphatic carbocycles. The Kier molecular flexibility index (Phi) is 4.17. The van der Waals surface area contributed by atoms with Crippen LogP contribution in [0.15, 0.2) is 42.5 Å². The molecule has 19 heavy (non-hydrogen) atoms. The van der Waals surface area contributed by atoms with Gasteiger partial charge in [0.25, 0.3) is 0 Å². The maximum absolute atomic E-state index is 10.6. The summed E-state index contributed by atoms with van der Waals surface area (Å²) in [5.74, 6) is 1.21. The van der Waals surface area contributed by atoms with Gasteiger partial charge < -0.3 is 4.74 Å². The summed E-state index contributed by atoms with van der Waals surface area (Å²) in [5.41, 5.74) is 1.36. The third kappa shape index (κ3) is 3.34. The van der Waals surface area contributed by atoms with Gasteiger partial charge in [0.05, 0.1) is 17.5 Å². The van der Waals surface area contributed by atoms with E-state index in [0.717, 1.165) is 5.56 Å². The van der Waals surface area contributed by atoms with Crippen molar-refractivity contribution in [1.82, 2.24) is 0 Å². The fourth-order valence-corrected chi connectivity index (χ4v) is 1.78. The lowest BCUT2D eigenvalue weighted by molar-refractivity contribution is 0.112. The lowest BCUT2D eigenvalue weighted by Crippen LogP contribution is -1.88. The van der Waals surface area contributed by atoms with Crippen molar-refractivity contribution in [3.63, 3.8) is 0 Å². The standard InChI is InChI=1S/C15H10ClNO2/c16-15-9-14(6-3-12(15)10-18)19-13-4-1-11(2-5-13)7-8-17/h1-6,9-10H,7H2. The molecule has 0 fully saturated rings. The second-order valence-corrected chi connectivity index (χ2v) is 4.29. The number of carbonyl (C=O) groups is 1. The number of benzene rings is 2. The lowest BCUT2D eigenvalue weighted by Gasteiger charge is -2.07. The number of aldehydes is 1. The second-order valence-electron chi connectivity index (χ2n) is 3.88. The molecule has 0 radical (unpaired) electrons. The average Bonchev–Trinajstić information content (AvgIpc) is 2.42. The molecule has 0 amide bonds. The van der Waals surface area contributed by atoms with Crippen molar-refractivity contribution < 1.29 is 9.53 Å². The highest BCUT2D eigenvalue weighted by atomic mass is 35.5. The van der Waals surface area contributed by atoms with E-state index < -0.39 is 0 Å². The van der Waals surface area contributed by atoms with E-state index in [0.29, 0.717) is 34.8 Å². The molecule has 0 saturated heterocycles. The Morgan fingerprint density at radius 2 is 1.84 bits per heavy atom. The molecule has 2 aromatic carbocycles. The zero-order valence-electron chi connectivity index (χ0n) is 9.97. The number of halogens is 1. The minimum Gasteiger partial charge on any atom is -0.457 e. The van der Waals surface area contributed by atoms with Gasteiger partial charge in [0.2, 0.25) is 0 Å².